The Kier molecular flexibility index (Phi) is 6.60. The van der Waals surface area contributed by atoms with E-state index in [1.165, 1.54) is 11.3 Å². The number of carbonyl (C=O) groups excluding carboxylic acids is 2. The molecule has 0 saturated heterocycles. The molecule has 7 heteroatoms. The molecule has 0 aliphatic rings. The third-order valence-electron chi connectivity index (χ3n) is 4.16. The van der Waals surface area contributed by atoms with E-state index >= 15 is 0 Å². The zero-order valence-electron chi connectivity index (χ0n) is 16.0. The van der Waals surface area contributed by atoms with Crippen molar-refractivity contribution in [1.82, 2.24) is 15.6 Å². The summed E-state index contributed by atoms with van der Waals surface area (Å²) in [7, 11) is 0. The van der Waals surface area contributed by atoms with Gasteiger partial charge in [0, 0.05) is 12.1 Å². The maximum Gasteiger partial charge on any atom is 0.263 e. The molecule has 0 aliphatic carbocycles. The molecule has 0 spiro atoms. The van der Waals surface area contributed by atoms with Crippen LogP contribution in [0.1, 0.15) is 55.4 Å². The number of amides is 2. The van der Waals surface area contributed by atoms with E-state index in [-0.39, 0.29) is 11.8 Å². The van der Waals surface area contributed by atoms with Gasteiger partial charge in [-0.2, -0.15) is 0 Å². The fourth-order valence-corrected chi connectivity index (χ4v) is 3.83. The Hall–Kier alpha value is -2.93. The van der Waals surface area contributed by atoms with Crippen molar-refractivity contribution in [3.8, 4) is 0 Å². The quantitative estimate of drug-likeness (QED) is 0.605. The molecule has 2 N–H and O–H groups in total. The molecule has 2 amide bonds. The topological polar surface area (TPSA) is 84.2 Å². The van der Waals surface area contributed by atoms with Crippen LogP contribution in [0.3, 0.4) is 0 Å². The molecule has 1 aromatic carbocycles. The van der Waals surface area contributed by atoms with E-state index in [9.17, 15) is 9.59 Å². The average Bonchev–Trinajstić information content (AvgIpc) is 3.34. The molecule has 2 heterocycles. The van der Waals surface area contributed by atoms with Gasteiger partial charge in [-0.05, 0) is 49.6 Å². The molecule has 0 unspecified atom stereocenters. The largest absolute Gasteiger partial charge is 0.467 e. The van der Waals surface area contributed by atoms with Gasteiger partial charge in [-0.25, -0.2) is 4.98 Å². The highest BCUT2D eigenvalue weighted by atomic mass is 32.1. The fraction of sp³-hybridized carbons (Fsp3) is 0.286. The Balaban J connectivity index is 1.58. The Morgan fingerprint density at radius 2 is 1.93 bits per heavy atom. The van der Waals surface area contributed by atoms with Gasteiger partial charge in [-0.15, -0.1) is 11.3 Å². The number of nitrogens with one attached hydrogen (secondary N) is 2. The van der Waals surface area contributed by atoms with E-state index in [0.29, 0.717) is 29.3 Å². The van der Waals surface area contributed by atoms with E-state index in [4.69, 9.17) is 4.42 Å². The Morgan fingerprint density at radius 1 is 1.11 bits per heavy atom. The number of furan rings is 1. The molecule has 2 aromatic heterocycles. The monoisotopic (exact) mass is 397 g/mol. The Morgan fingerprint density at radius 3 is 2.68 bits per heavy atom. The lowest BCUT2D eigenvalue weighted by atomic mass is 10.1. The summed E-state index contributed by atoms with van der Waals surface area (Å²) in [5.74, 6) is 0.372. The van der Waals surface area contributed by atoms with Crippen LogP contribution in [0.5, 0.6) is 0 Å². The van der Waals surface area contributed by atoms with Crippen LogP contribution in [-0.2, 0) is 19.5 Å². The summed E-state index contributed by atoms with van der Waals surface area (Å²) in [6, 6.07) is 10.8. The van der Waals surface area contributed by atoms with E-state index < -0.39 is 0 Å². The standard InChI is InChI=1S/C21H23N3O3S/c1-3-6-18-24-14(2)19(28-18)21(26)22-12-15-7-4-8-16(11-15)20(25)23-13-17-9-5-10-27-17/h4-5,7-11H,3,6,12-13H2,1-2H3,(H,22,26)(H,23,25). The van der Waals surface area contributed by atoms with Gasteiger partial charge in [-0.1, -0.05) is 19.1 Å². The average molecular weight is 398 g/mol. The predicted octanol–water partition coefficient (Wildman–Crippen LogP) is 3.86. The summed E-state index contributed by atoms with van der Waals surface area (Å²) in [5.41, 5.74) is 2.16. The number of carbonyl (C=O) groups is 2. The number of thiazole rings is 1. The van der Waals surface area contributed by atoms with Crippen molar-refractivity contribution in [3.05, 3.63) is 75.1 Å². The summed E-state index contributed by atoms with van der Waals surface area (Å²) in [4.78, 5) is 29.9. The number of nitrogens with zero attached hydrogens (tertiary/aromatic N) is 1. The second kappa shape index (κ2) is 9.32. The molecule has 0 radical (unpaired) electrons. The number of aryl methyl sites for hydroxylation is 2. The Bertz CT molecular complexity index is 948. The highest BCUT2D eigenvalue weighted by Crippen LogP contribution is 2.19. The molecule has 3 rings (SSSR count). The maximum absolute atomic E-state index is 12.5. The van der Waals surface area contributed by atoms with Gasteiger partial charge in [0.25, 0.3) is 11.8 Å². The van der Waals surface area contributed by atoms with Crippen molar-refractivity contribution in [2.45, 2.75) is 39.8 Å². The number of rotatable bonds is 8. The molecular formula is C21H23N3O3S. The molecule has 0 saturated carbocycles. The first-order valence-electron chi connectivity index (χ1n) is 9.21. The minimum atomic E-state index is -0.188. The normalized spacial score (nSPS) is 10.6. The smallest absolute Gasteiger partial charge is 0.263 e. The minimum absolute atomic E-state index is 0.134. The molecule has 0 aliphatic heterocycles. The Labute approximate surface area is 168 Å². The van der Waals surface area contributed by atoms with Crippen molar-refractivity contribution in [2.75, 3.05) is 0 Å². The molecule has 6 nitrogen and oxygen atoms in total. The van der Waals surface area contributed by atoms with Gasteiger partial charge in [-0.3, -0.25) is 9.59 Å². The highest BCUT2D eigenvalue weighted by molar-refractivity contribution is 7.13. The number of aromatic nitrogens is 1. The summed E-state index contributed by atoms with van der Waals surface area (Å²) in [6.07, 6.45) is 3.46. The zero-order valence-corrected chi connectivity index (χ0v) is 16.8. The lowest BCUT2D eigenvalue weighted by Crippen LogP contribution is -2.24. The van der Waals surface area contributed by atoms with Crippen LogP contribution in [0.15, 0.2) is 47.1 Å². The van der Waals surface area contributed by atoms with E-state index in [1.54, 1.807) is 36.6 Å². The van der Waals surface area contributed by atoms with Crippen LogP contribution >= 0.6 is 11.3 Å². The van der Waals surface area contributed by atoms with Crippen LogP contribution in [-0.4, -0.2) is 16.8 Å². The van der Waals surface area contributed by atoms with Crippen molar-refractivity contribution in [1.29, 1.82) is 0 Å². The van der Waals surface area contributed by atoms with Gasteiger partial charge in [0.1, 0.15) is 10.6 Å². The summed E-state index contributed by atoms with van der Waals surface area (Å²) < 4.78 is 5.21. The van der Waals surface area contributed by atoms with Crippen LogP contribution in [0.25, 0.3) is 0 Å². The van der Waals surface area contributed by atoms with Gasteiger partial charge < -0.3 is 15.1 Å². The molecule has 0 atom stereocenters. The molecule has 0 fully saturated rings. The third kappa shape index (κ3) is 5.07. The van der Waals surface area contributed by atoms with Crippen LogP contribution < -0.4 is 10.6 Å². The fourth-order valence-electron chi connectivity index (χ4n) is 2.75. The summed E-state index contributed by atoms with van der Waals surface area (Å²) >= 11 is 1.44. The summed E-state index contributed by atoms with van der Waals surface area (Å²) in [6.45, 7) is 4.62. The number of hydrogen-bond acceptors (Lipinski definition) is 5. The van der Waals surface area contributed by atoms with Crippen LogP contribution in [0.2, 0.25) is 0 Å². The highest BCUT2D eigenvalue weighted by Gasteiger charge is 2.15. The van der Waals surface area contributed by atoms with Crippen molar-refractivity contribution >= 4 is 23.2 Å². The second-order valence-corrected chi connectivity index (χ2v) is 7.50. The minimum Gasteiger partial charge on any atom is -0.467 e. The van der Waals surface area contributed by atoms with Crippen molar-refractivity contribution in [3.63, 3.8) is 0 Å². The lowest BCUT2D eigenvalue weighted by molar-refractivity contribution is 0.0944. The van der Waals surface area contributed by atoms with Crippen molar-refractivity contribution in [2.24, 2.45) is 0 Å². The van der Waals surface area contributed by atoms with Gasteiger partial charge in [0.15, 0.2) is 0 Å². The van der Waals surface area contributed by atoms with Gasteiger partial charge in [0.05, 0.1) is 23.5 Å². The predicted molar refractivity (Wildman–Crippen MR) is 108 cm³/mol. The summed E-state index contributed by atoms with van der Waals surface area (Å²) in [5, 5.41) is 6.72. The van der Waals surface area contributed by atoms with Crippen LogP contribution in [0, 0.1) is 6.92 Å². The van der Waals surface area contributed by atoms with Crippen molar-refractivity contribution < 1.29 is 14.0 Å². The first-order chi connectivity index (χ1) is 13.6. The molecule has 146 valence electrons. The first-order valence-corrected chi connectivity index (χ1v) is 10.0. The van der Waals surface area contributed by atoms with E-state index in [0.717, 1.165) is 29.1 Å². The maximum atomic E-state index is 12.5. The first kappa shape index (κ1) is 19.8. The third-order valence-corrected chi connectivity index (χ3v) is 5.37. The van der Waals surface area contributed by atoms with Crippen LogP contribution in [0.4, 0.5) is 0 Å². The second-order valence-electron chi connectivity index (χ2n) is 6.42. The number of hydrogen-bond donors (Lipinski definition) is 2. The number of benzene rings is 1. The van der Waals surface area contributed by atoms with E-state index in [1.807, 2.05) is 13.0 Å². The zero-order chi connectivity index (χ0) is 19.9. The molecular weight excluding hydrogens is 374 g/mol. The molecule has 0 bridgehead atoms. The van der Waals surface area contributed by atoms with Gasteiger partial charge in [0.2, 0.25) is 0 Å². The molecule has 28 heavy (non-hydrogen) atoms. The SMILES string of the molecule is CCCc1nc(C)c(C(=O)NCc2cccc(C(=O)NCc3ccco3)c2)s1. The lowest BCUT2D eigenvalue weighted by Gasteiger charge is -2.07. The van der Waals surface area contributed by atoms with Gasteiger partial charge >= 0.3 is 0 Å². The molecule has 3 aromatic rings. The van der Waals surface area contributed by atoms with E-state index in [2.05, 4.69) is 22.5 Å².